The number of nitrogens with one attached hydrogen (secondary N) is 1. The normalized spacial score (nSPS) is 20.1. The van der Waals surface area contributed by atoms with E-state index in [0.29, 0.717) is 29.1 Å². The summed E-state index contributed by atoms with van der Waals surface area (Å²) < 4.78 is 19.6. The molecule has 132 valence electrons. The van der Waals surface area contributed by atoms with E-state index in [1.807, 2.05) is 6.07 Å². The van der Waals surface area contributed by atoms with E-state index < -0.39 is 5.82 Å². The van der Waals surface area contributed by atoms with Crippen molar-refractivity contribution in [1.82, 2.24) is 4.98 Å². The molecule has 1 heterocycles. The summed E-state index contributed by atoms with van der Waals surface area (Å²) in [6.45, 7) is 0. The molecule has 25 heavy (non-hydrogen) atoms. The fourth-order valence-corrected chi connectivity index (χ4v) is 3.27. The largest absolute Gasteiger partial charge is 0.496 e. The monoisotopic (exact) mass is 343 g/mol. The van der Waals surface area contributed by atoms with E-state index in [2.05, 4.69) is 10.3 Å². The zero-order valence-corrected chi connectivity index (χ0v) is 14.2. The Morgan fingerprint density at radius 3 is 2.88 bits per heavy atom. The standard InChI is InChI=1S/C19H22FN3O2/c1-25-17-8-3-2-7-14(17)15-10-18(22-11-16(15)20)23-19(24)12-5-4-6-13(21)9-12/h2-3,7-8,10-13H,4-6,9,21H2,1H3,(H,22,23,24)/t12-,13+/m0/s1. The zero-order valence-electron chi connectivity index (χ0n) is 14.2. The first-order valence-corrected chi connectivity index (χ1v) is 8.44. The first-order chi connectivity index (χ1) is 12.1. The van der Waals surface area contributed by atoms with Crippen LogP contribution in [0.5, 0.6) is 5.75 Å². The van der Waals surface area contributed by atoms with Crippen LogP contribution in [0, 0.1) is 11.7 Å². The quantitative estimate of drug-likeness (QED) is 0.892. The summed E-state index contributed by atoms with van der Waals surface area (Å²) in [6, 6.07) is 8.75. The zero-order chi connectivity index (χ0) is 17.8. The lowest BCUT2D eigenvalue weighted by molar-refractivity contribution is -0.120. The van der Waals surface area contributed by atoms with E-state index in [0.717, 1.165) is 25.5 Å². The molecule has 0 aliphatic heterocycles. The molecule has 6 heteroatoms. The predicted molar refractivity (Wildman–Crippen MR) is 94.7 cm³/mol. The van der Waals surface area contributed by atoms with Gasteiger partial charge in [0.25, 0.3) is 0 Å². The lowest BCUT2D eigenvalue weighted by Gasteiger charge is -2.25. The third-order valence-electron chi connectivity index (χ3n) is 4.59. The molecule has 0 saturated heterocycles. The third kappa shape index (κ3) is 3.96. The Hall–Kier alpha value is -2.47. The fraction of sp³-hybridized carbons (Fsp3) is 0.368. The van der Waals surface area contributed by atoms with Gasteiger partial charge in [-0.25, -0.2) is 9.37 Å². The maximum atomic E-state index is 14.3. The van der Waals surface area contributed by atoms with E-state index >= 15 is 0 Å². The molecule has 1 aromatic carbocycles. The van der Waals surface area contributed by atoms with Crippen LogP contribution in [0.15, 0.2) is 36.5 Å². The Bertz CT molecular complexity index is 766. The van der Waals surface area contributed by atoms with Gasteiger partial charge in [-0.3, -0.25) is 4.79 Å². The van der Waals surface area contributed by atoms with Gasteiger partial charge in [-0.1, -0.05) is 24.6 Å². The van der Waals surface area contributed by atoms with E-state index in [9.17, 15) is 9.18 Å². The Balaban J connectivity index is 1.83. The van der Waals surface area contributed by atoms with E-state index in [1.54, 1.807) is 18.2 Å². The van der Waals surface area contributed by atoms with Crippen LogP contribution in [0.1, 0.15) is 25.7 Å². The summed E-state index contributed by atoms with van der Waals surface area (Å²) in [5.74, 6) is 0.183. The second kappa shape index (κ2) is 7.61. The number of nitrogens with zero attached hydrogens (tertiary/aromatic N) is 1. The molecular formula is C19H22FN3O2. The lowest BCUT2D eigenvalue weighted by atomic mass is 9.85. The summed E-state index contributed by atoms with van der Waals surface area (Å²) in [6.07, 6.45) is 4.51. The van der Waals surface area contributed by atoms with Gasteiger partial charge >= 0.3 is 0 Å². The number of rotatable bonds is 4. The molecule has 3 N–H and O–H groups in total. The van der Waals surface area contributed by atoms with Gasteiger partial charge in [0, 0.05) is 23.1 Å². The number of hydrogen-bond donors (Lipinski definition) is 2. The van der Waals surface area contributed by atoms with Crippen LogP contribution in [0.3, 0.4) is 0 Å². The second-order valence-corrected chi connectivity index (χ2v) is 6.36. The van der Waals surface area contributed by atoms with Crippen molar-refractivity contribution in [2.75, 3.05) is 12.4 Å². The molecule has 2 aromatic rings. The number of benzene rings is 1. The molecule has 1 aliphatic carbocycles. The number of pyridine rings is 1. The van der Waals surface area contributed by atoms with Crippen molar-refractivity contribution in [3.05, 3.63) is 42.3 Å². The molecule has 5 nitrogen and oxygen atoms in total. The maximum Gasteiger partial charge on any atom is 0.228 e. The number of aromatic nitrogens is 1. The minimum atomic E-state index is -0.470. The highest BCUT2D eigenvalue weighted by Gasteiger charge is 2.25. The number of halogens is 1. The van der Waals surface area contributed by atoms with E-state index in [1.165, 1.54) is 13.2 Å². The van der Waals surface area contributed by atoms with Gasteiger partial charge in [0.2, 0.25) is 5.91 Å². The van der Waals surface area contributed by atoms with Crippen LogP contribution in [0.25, 0.3) is 11.1 Å². The predicted octanol–water partition coefficient (Wildman–Crippen LogP) is 3.35. The number of ether oxygens (including phenoxy) is 1. The highest BCUT2D eigenvalue weighted by Crippen LogP contribution is 2.32. The van der Waals surface area contributed by atoms with Crippen molar-refractivity contribution in [1.29, 1.82) is 0 Å². The number of anilines is 1. The van der Waals surface area contributed by atoms with Crippen molar-refractivity contribution >= 4 is 11.7 Å². The Kier molecular flexibility index (Phi) is 5.28. The second-order valence-electron chi connectivity index (χ2n) is 6.36. The Morgan fingerprint density at radius 1 is 1.32 bits per heavy atom. The summed E-state index contributed by atoms with van der Waals surface area (Å²) >= 11 is 0. The average Bonchev–Trinajstić information content (AvgIpc) is 2.63. The number of nitrogens with two attached hydrogens (primary N) is 1. The summed E-state index contributed by atoms with van der Waals surface area (Å²) in [5, 5.41) is 2.79. The highest BCUT2D eigenvalue weighted by molar-refractivity contribution is 5.92. The molecule has 0 radical (unpaired) electrons. The Morgan fingerprint density at radius 2 is 2.12 bits per heavy atom. The topological polar surface area (TPSA) is 77.2 Å². The number of carbonyl (C=O) groups is 1. The van der Waals surface area contributed by atoms with Crippen LogP contribution in [-0.2, 0) is 4.79 Å². The van der Waals surface area contributed by atoms with Crippen LogP contribution < -0.4 is 15.8 Å². The molecular weight excluding hydrogens is 321 g/mol. The SMILES string of the molecule is COc1ccccc1-c1cc(NC(=O)[C@H]2CCC[C@@H](N)C2)ncc1F. The van der Waals surface area contributed by atoms with E-state index in [-0.39, 0.29) is 17.9 Å². The van der Waals surface area contributed by atoms with Crippen LogP contribution >= 0.6 is 0 Å². The summed E-state index contributed by atoms with van der Waals surface area (Å²) in [7, 11) is 1.53. The van der Waals surface area contributed by atoms with Crippen molar-refractivity contribution in [3.63, 3.8) is 0 Å². The van der Waals surface area contributed by atoms with Crippen LogP contribution in [0.2, 0.25) is 0 Å². The first-order valence-electron chi connectivity index (χ1n) is 8.44. The molecule has 2 atom stereocenters. The fourth-order valence-electron chi connectivity index (χ4n) is 3.27. The van der Waals surface area contributed by atoms with Crippen molar-refractivity contribution in [3.8, 4) is 16.9 Å². The van der Waals surface area contributed by atoms with Crippen molar-refractivity contribution < 1.29 is 13.9 Å². The molecule has 1 aliphatic rings. The number of hydrogen-bond acceptors (Lipinski definition) is 4. The molecule has 0 bridgehead atoms. The smallest absolute Gasteiger partial charge is 0.228 e. The number of methoxy groups -OCH3 is 1. The molecule has 0 unspecified atom stereocenters. The lowest BCUT2D eigenvalue weighted by Crippen LogP contribution is -2.34. The first kappa shape index (κ1) is 17.4. The Labute approximate surface area is 146 Å². The van der Waals surface area contributed by atoms with Crippen molar-refractivity contribution in [2.45, 2.75) is 31.7 Å². The molecule has 3 rings (SSSR count). The van der Waals surface area contributed by atoms with E-state index in [4.69, 9.17) is 10.5 Å². The molecule has 1 fully saturated rings. The van der Waals surface area contributed by atoms with Crippen LogP contribution in [-0.4, -0.2) is 24.0 Å². The number of para-hydroxylation sites is 1. The van der Waals surface area contributed by atoms with Gasteiger partial charge < -0.3 is 15.8 Å². The molecule has 0 spiro atoms. The number of carbonyl (C=O) groups excluding carboxylic acids is 1. The minimum Gasteiger partial charge on any atom is -0.496 e. The molecule has 1 saturated carbocycles. The van der Waals surface area contributed by atoms with Gasteiger partial charge in [-0.05, 0) is 31.4 Å². The molecule has 1 aromatic heterocycles. The summed E-state index contributed by atoms with van der Waals surface area (Å²) in [4.78, 5) is 16.4. The van der Waals surface area contributed by atoms with Gasteiger partial charge in [0.05, 0.1) is 13.3 Å². The summed E-state index contributed by atoms with van der Waals surface area (Å²) in [5.41, 5.74) is 6.90. The highest BCUT2D eigenvalue weighted by atomic mass is 19.1. The average molecular weight is 343 g/mol. The van der Waals surface area contributed by atoms with Gasteiger partial charge in [-0.2, -0.15) is 0 Å². The maximum absolute atomic E-state index is 14.3. The minimum absolute atomic E-state index is 0.0646. The van der Waals surface area contributed by atoms with Crippen molar-refractivity contribution in [2.24, 2.45) is 11.7 Å². The molecule has 1 amide bonds. The van der Waals surface area contributed by atoms with Gasteiger partial charge in [0.1, 0.15) is 17.4 Å². The number of amides is 1. The van der Waals surface area contributed by atoms with Gasteiger partial charge in [-0.15, -0.1) is 0 Å². The third-order valence-corrected chi connectivity index (χ3v) is 4.59. The van der Waals surface area contributed by atoms with Crippen LogP contribution in [0.4, 0.5) is 10.2 Å². The van der Waals surface area contributed by atoms with Gasteiger partial charge in [0.15, 0.2) is 0 Å².